The molecule has 0 saturated heterocycles. The van der Waals surface area contributed by atoms with Gasteiger partial charge in [0, 0.05) is 27.8 Å². The number of benzene rings is 9. The Kier molecular flexibility index (Phi) is 8.38. The molecule has 1 aliphatic carbocycles. The summed E-state index contributed by atoms with van der Waals surface area (Å²) in [5.41, 5.74) is 13.9. The van der Waals surface area contributed by atoms with Crippen molar-refractivity contribution in [3.63, 3.8) is 0 Å². The first-order chi connectivity index (χ1) is 27.9. The lowest BCUT2D eigenvalue weighted by molar-refractivity contribution is 0.478. The van der Waals surface area contributed by atoms with Gasteiger partial charge in [0.1, 0.15) is 0 Å². The minimum Gasteiger partial charge on any atom is -0.310 e. The van der Waals surface area contributed by atoms with Crippen LogP contribution in [-0.2, 0) is 10.8 Å². The van der Waals surface area contributed by atoms with Crippen LogP contribution in [0.4, 0.5) is 17.1 Å². The third-order valence-electron chi connectivity index (χ3n) is 13.2. The first-order valence-electron chi connectivity index (χ1n) is 20.6. The summed E-state index contributed by atoms with van der Waals surface area (Å²) in [6, 6.07) is 70.4. The lowest BCUT2D eigenvalue weighted by Gasteiger charge is -2.34. The smallest absolute Gasteiger partial charge is 0.0546 e. The Morgan fingerprint density at radius 2 is 0.982 bits per heavy atom. The minimum atomic E-state index is -0.113. The topological polar surface area (TPSA) is 3.24 Å². The van der Waals surface area contributed by atoms with E-state index in [4.69, 9.17) is 0 Å². The molecular formula is C56H47N. The molecule has 1 aliphatic rings. The zero-order chi connectivity index (χ0) is 38.7. The van der Waals surface area contributed by atoms with E-state index in [-0.39, 0.29) is 10.8 Å². The van der Waals surface area contributed by atoms with Crippen LogP contribution in [0, 0.1) is 0 Å². The Morgan fingerprint density at radius 3 is 1.70 bits per heavy atom. The van der Waals surface area contributed by atoms with Crippen LogP contribution in [0.1, 0.15) is 62.8 Å². The number of rotatable bonds is 8. The van der Waals surface area contributed by atoms with Gasteiger partial charge in [0.25, 0.3) is 0 Å². The van der Waals surface area contributed by atoms with Gasteiger partial charge in [-0.05, 0) is 127 Å². The number of hydrogen-bond donors (Lipinski definition) is 0. The molecule has 0 aromatic heterocycles. The van der Waals surface area contributed by atoms with Crippen LogP contribution < -0.4 is 4.90 Å². The summed E-state index contributed by atoms with van der Waals surface area (Å²) in [5, 5.41) is 7.54. The Morgan fingerprint density at radius 1 is 0.421 bits per heavy atom. The molecule has 10 rings (SSSR count). The highest BCUT2D eigenvalue weighted by atomic mass is 15.1. The highest BCUT2D eigenvalue weighted by molar-refractivity contribution is 6.11. The van der Waals surface area contributed by atoms with Crippen molar-refractivity contribution in [2.75, 3.05) is 4.90 Å². The molecule has 0 N–H and O–H groups in total. The fourth-order valence-corrected chi connectivity index (χ4v) is 10.1. The molecule has 57 heavy (non-hydrogen) atoms. The van der Waals surface area contributed by atoms with Crippen molar-refractivity contribution < 1.29 is 0 Å². The van der Waals surface area contributed by atoms with E-state index >= 15 is 0 Å². The van der Waals surface area contributed by atoms with Crippen LogP contribution in [0.15, 0.2) is 188 Å². The number of nitrogens with zero attached hydrogens (tertiary/aromatic N) is 1. The number of anilines is 3. The van der Waals surface area contributed by atoms with Gasteiger partial charge in [0.15, 0.2) is 0 Å². The van der Waals surface area contributed by atoms with Crippen molar-refractivity contribution in [3.05, 3.63) is 210 Å². The molecular weight excluding hydrogens is 687 g/mol. The molecule has 0 aliphatic heterocycles. The summed E-state index contributed by atoms with van der Waals surface area (Å²) in [4.78, 5) is 2.52. The third kappa shape index (κ3) is 5.52. The lowest BCUT2D eigenvalue weighted by atomic mass is 9.70. The first-order valence-corrected chi connectivity index (χ1v) is 20.6. The van der Waals surface area contributed by atoms with Crippen molar-refractivity contribution >= 4 is 49.4 Å². The van der Waals surface area contributed by atoms with Crippen LogP contribution in [0.2, 0.25) is 0 Å². The molecule has 0 spiro atoms. The van der Waals surface area contributed by atoms with Crippen LogP contribution in [-0.4, -0.2) is 0 Å². The Bertz CT molecular complexity index is 2940. The summed E-state index contributed by atoms with van der Waals surface area (Å²) in [6.07, 6.45) is 2.06. The molecule has 0 amide bonds. The summed E-state index contributed by atoms with van der Waals surface area (Å²) in [6.45, 7) is 9.42. The molecule has 0 unspecified atom stereocenters. The van der Waals surface area contributed by atoms with E-state index in [1.807, 2.05) is 0 Å². The Hall–Kier alpha value is -6.44. The molecule has 0 saturated carbocycles. The van der Waals surface area contributed by atoms with Crippen LogP contribution in [0.3, 0.4) is 0 Å². The zero-order valence-electron chi connectivity index (χ0n) is 33.3. The van der Waals surface area contributed by atoms with E-state index in [0.29, 0.717) is 0 Å². The molecule has 276 valence electrons. The first kappa shape index (κ1) is 35.0. The number of fused-ring (bicyclic) bond motifs is 6. The third-order valence-corrected chi connectivity index (χ3v) is 13.2. The fourth-order valence-electron chi connectivity index (χ4n) is 10.1. The average molecular weight is 734 g/mol. The quantitative estimate of drug-likeness (QED) is 0.150. The Labute approximate surface area is 336 Å². The molecule has 0 heterocycles. The van der Waals surface area contributed by atoms with Gasteiger partial charge in [-0.25, -0.2) is 0 Å². The average Bonchev–Trinajstić information content (AvgIpc) is 3.48. The maximum atomic E-state index is 2.52. The van der Waals surface area contributed by atoms with Crippen molar-refractivity contribution in [3.8, 4) is 22.3 Å². The predicted octanol–water partition coefficient (Wildman–Crippen LogP) is 15.7. The van der Waals surface area contributed by atoms with Crippen LogP contribution in [0.5, 0.6) is 0 Å². The molecule has 1 heteroatoms. The second kappa shape index (κ2) is 13.6. The highest BCUT2D eigenvalue weighted by Gasteiger charge is 2.37. The largest absolute Gasteiger partial charge is 0.310 e. The molecule has 0 fully saturated rings. The normalized spacial score (nSPS) is 13.2. The standard InChI is InChI=1S/C56H47N/c1-5-56(6-2,42-22-8-7-9-23-42)43-28-30-44(31-29-43)57(45-32-33-51-50(37-45)49-35-40-19-10-11-20-41(40)36-52(49)55(51,3)4)53-34-27-39-18-13-15-25-47(39)54(53)48-26-16-21-38-17-12-14-24-46(38)48/h7-37H,5-6H2,1-4H3. The molecule has 9 aromatic rings. The second-order valence-corrected chi connectivity index (χ2v) is 16.3. The van der Waals surface area contributed by atoms with Gasteiger partial charge in [0.05, 0.1) is 5.69 Å². The van der Waals surface area contributed by atoms with Gasteiger partial charge in [-0.3, -0.25) is 0 Å². The summed E-state index contributed by atoms with van der Waals surface area (Å²) in [7, 11) is 0. The Balaban J connectivity index is 1.24. The maximum absolute atomic E-state index is 2.52. The van der Waals surface area contributed by atoms with E-state index in [1.54, 1.807) is 0 Å². The summed E-state index contributed by atoms with van der Waals surface area (Å²) < 4.78 is 0. The van der Waals surface area contributed by atoms with Crippen molar-refractivity contribution in [2.45, 2.75) is 51.4 Å². The van der Waals surface area contributed by atoms with Crippen molar-refractivity contribution in [1.82, 2.24) is 0 Å². The van der Waals surface area contributed by atoms with E-state index < -0.39 is 0 Å². The van der Waals surface area contributed by atoms with E-state index in [9.17, 15) is 0 Å². The van der Waals surface area contributed by atoms with Crippen LogP contribution >= 0.6 is 0 Å². The van der Waals surface area contributed by atoms with Crippen molar-refractivity contribution in [2.24, 2.45) is 0 Å². The maximum Gasteiger partial charge on any atom is 0.0546 e. The minimum absolute atomic E-state index is 0.0622. The summed E-state index contributed by atoms with van der Waals surface area (Å²) >= 11 is 0. The molecule has 0 bridgehead atoms. The van der Waals surface area contributed by atoms with E-state index in [0.717, 1.165) is 29.9 Å². The lowest BCUT2D eigenvalue weighted by Crippen LogP contribution is -2.26. The second-order valence-electron chi connectivity index (χ2n) is 16.3. The van der Waals surface area contributed by atoms with E-state index in [2.05, 4.69) is 221 Å². The molecule has 0 atom stereocenters. The van der Waals surface area contributed by atoms with E-state index in [1.165, 1.54) is 76.8 Å². The van der Waals surface area contributed by atoms with Crippen LogP contribution in [0.25, 0.3) is 54.6 Å². The monoisotopic (exact) mass is 733 g/mol. The SMILES string of the molecule is CCC(CC)(c1ccccc1)c1ccc(N(c2ccc3c(c2)-c2cc4ccccc4cc2C3(C)C)c2ccc3ccccc3c2-c2cccc3ccccc23)cc1. The highest BCUT2D eigenvalue weighted by Crippen LogP contribution is 2.53. The zero-order valence-corrected chi connectivity index (χ0v) is 33.3. The van der Waals surface area contributed by atoms with Gasteiger partial charge in [-0.2, -0.15) is 0 Å². The molecule has 0 radical (unpaired) electrons. The van der Waals surface area contributed by atoms with Gasteiger partial charge < -0.3 is 4.90 Å². The van der Waals surface area contributed by atoms with Gasteiger partial charge in [0.2, 0.25) is 0 Å². The van der Waals surface area contributed by atoms with Gasteiger partial charge in [-0.15, -0.1) is 0 Å². The predicted molar refractivity (Wildman–Crippen MR) is 244 cm³/mol. The summed E-state index contributed by atoms with van der Waals surface area (Å²) in [5.74, 6) is 0. The molecule has 9 aromatic carbocycles. The number of hydrogen-bond acceptors (Lipinski definition) is 1. The molecule has 1 nitrogen and oxygen atoms in total. The van der Waals surface area contributed by atoms with Gasteiger partial charge >= 0.3 is 0 Å². The fraction of sp³-hybridized carbons (Fsp3) is 0.143. The van der Waals surface area contributed by atoms with Gasteiger partial charge in [-0.1, -0.05) is 173 Å². The van der Waals surface area contributed by atoms with Crippen molar-refractivity contribution in [1.29, 1.82) is 0 Å².